The average Bonchev–Trinajstić information content (AvgIpc) is 3.01. The molecule has 0 fully saturated rings. The number of anilines is 1. The van der Waals surface area contributed by atoms with Crippen LogP contribution in [0.1, 0.15) is 33.6 Å². The number of amides is 1. The van der Waals surface area contributed by atoms with E-state index in [4.69, 9.17) is 4.74 Å². The van der Waals surface area contributed by atoms with Gasteiger partial charge in [0.05, 0.1) is 24.8 Å². The van der Waals surface area contributed by atoms with E-state index in [0.29, 0.717) is 18.9 Å². The quantitative estimate of drug-likeness (QED) is 0.812. The summed E-state index contributed by atoms with van der Waals surface area (Å²) in [4.78, 5) is 12.0. The summed E-state index contributed by atoms with van der Waals surface area (Å²) in [7, 11) is 0. The lowest BCUT2D eigenvalue weighted by Crippen LogP contribution is -2.18. The van der Waals surface area contributed by atoms with Crippen LogP contribution in [0, 0.1) is 5.92 Å². The smallest absolute Gasteiger partial charge is 0.226 e. The van der Waals surface area contributed by atoms with E-state index in [1.807, 2.05) is 31.2 Å². The van der Waals surface area contributed by atoms with E-state index < -0.39 is 0 Å². The summed E-state index contributed by atoms with van der Waals surface area (Å²) in [5.74, 6) is 0.543. The number of nitrogens with one attached hydrogen (secondary N) is 1. The second kappa shape index (κ2) is 8.43. The van der Waals surface area contributed by atoms with Crippen LogP contribution in [0.2, 0.25) is 0 Å². The highest BCUT2D eigenvalue weighted by Crippen LogP contribution is 2.14. The Morgan fingerprint density at radius 1 is 1.26 bits per heavy atom. The Morgan fingerprint density at radius 3 is 2.70 bits per heavy atom. The first kappa shape index (κ1) is 17.1. The van der Waals surface area contributed by atoms with Gasteiger partial charge in [-0.05, 0) is 37.5 Å². The summed E-state index contributed by atoms with van der Waals surface area (Å²) in [6.07, 6.45) is 4.76. The van der Waals surface area contributed by atoms with Gasteiger partial charge in [0, 0.05) is 5.69 Å². The standard InChI is InChI=1S/C17H24N4O2/c1-13(2)9-14(3)23-8-7-17(22)20-15-5-4-6-16(10-15)21-11-18-19-12-21/h4-6,10-14H,7-9H2,1-3H3,(H,20,22). The molecule has 1 N–H and O–H groups in total. The zero-order valence-electron chi connectivity index (χ0n) is 13.9. The second-order valence-corrected chi connectivity index (χ2v) is 6.03. The number of benzene rings is 1. The molecule has 0 saturated carbocycles. The van der Waals surface area contributed by atoms with Crippen molar-refractivity contribution in [3.05, 3.63) is 36.9 Å². The highest BCUT2D eigenvalue weighted by Gasteiger charge is 2.08. The predicted octanol–water partition coefficient (Wildman–Crippen LogP) is 3.05. The Hall–Kier alpha value is -2.21. The first-order valence-electron chi connectivity index (χ1n) is 7.91. The van der Waals surface area contributed by atoms with Gasteiger partial charge in [0.2, 0.25) is 5.91 Å². The normalized spacial score (nSPS) is 12.3. The lowest BCUT2D eigenvalue weighted by Gasteiger charge is -2.15. The fourth-order valence-corrected chi connectivity index (χ4v) is 2.39. The first-order valence-corrected chi connectivity index (χ1v) is 7.91. The highest BCUT2D eigenvalue weighted by atomic mass is 16.5. The third-order valence-electron chi connectivity index (χ3n) is 3.38. The second-order valence-electron chi connectivity index (χ2n) is 6.03. The van der Waals surface area contributed by atoms with E-state index >= 15 is 0 Å². The van der Waals surface area contributed by atoms with E-state index in [1.165, 1.54) is 0 Å². The van der Waals surface area contributed by atoms with Gasteiger partial charge < -0.3 is 10.1 Å². The number of ether oxygens (including phenoxy) is 1. The molecule has 1 atom stereocenters. The van der Waals surface area contributed by atoms with E-state index in [2.05, 4.69) is 29.4 Å². The van der Waals surface area contributed by atoms with Crippen LogP contribution in [-0.2, 0) is 9.53 Å². The molecule has 0 aliphatic heterocycles. The summed E-state index contributed by atoms with van der Waals surface area (Å²) in [5.41, 5.74) is 1.64. The Bertz CT molecular complexity index is 611. The molecule has 6 nitrogen and oxygen atoms in total. The lowest BCUT2D eigenvalue weighted by atomic mass is 10.1. The molecule has 1 heterocycles. The summed E-state index contributed by atoms with van der Waals surface area (Å²) >= 11 is 0. The number of aromatic nitrogens is 3. The first-order chi connectivity index (χ1) is 11.0. The van der Waals surface area contributed by atoms with Crippen molar-refractivity contribution >= 4 is 11.6 Å². The van der Waals surface area contributed by atoms with E-state index in [-0.39, 0.29) is 12.0 Å². The maximum Gasteiger partial charge on any atom is 0.226 e. The van der Waals surface area contributed by atoms with E-state index in [0.717, 1.165) is 17.8 Å². The molecule has 0 bridgehead atoms. The molecule has 1 aromatic carbocycles. The number of carbonyl (C=O) groups excluding carboxylic acids is 1. The van der Waals surface area contributed by atoms with Crippen molar-refractivity contribution in [1.29, 1.82) is 0 Å². The monoisotopic (exact) mass is 316 g/mol. The Labute approximate surface area is 136 Å². The fraction of sp³-hybridized carbons (Fsp3) is 0.471. The van der Waals surface area contributed by atoms with Crippen molar-refractivity contribution in [3.8, 4) is 5.69 Å². The summed E-state index contributed by atoms with van der Waals surface area (Å²) < 4.78 is 7.45. The molecule has 0 spiro atoms. The van der Waals surface area contributed by atoms with Crippen molar-refractivity contribution in [3.63, 3.8) is 0 Å². The van der Waals surface area contributed by atoms with Gasteiger partial charge in [-0.3, -0.25) is 9.36 Å². The van der Waals surface area contributed by atoms with Crippen molar-refractivity contribution in [2.24, 2.45) is 5.92 Å². The third kappa shape index (κ3) is 5.83. The topological polar surface area (TPSA) is 69.0 Å². The van der Waals surface area contributed by atoms with Crippen LogP contribution in [0.25, 0.3) is 5.69 Å². The van der Waals surface area contributed by atoms with Crippen molar-refractivity contribution in [2.75, 3.05) is 11.9 Å². The van der Waals surface area contributed by atoms with Gasteiger partial charge in [-0.2, -0.15) is 0 Å². The maximum absolute atomic E-state index is 12.0. The molecule has 1 unspecified atom stereocenters. The van der Waals surface area contributed by atoms with Crippen LogP contribution in [0.4, 0.5) is 5.69 Å². The number of hydrogen-bond donors (Lipinski definition) is 1. The Balaban J connectivity index is 1.80. The summed E-state index contributed by atoms with van der Waals surface area (Å²) in [5, 5.41) is 10.4. The molecule has 0 aliphatic rings. The molecule has 2 aromatic rings. The van der Waals surface area contributed by atoms with E-state index in [1.54, 1.807) is 17.2 Å². The molecule has 2 rings (SSSR count). The van der Waals surface area contributed by atoms with Crippen LogP contribution in [0.3, 0.4) is 0 Å². The molecule has 0 radical (unpaired) electrons. The number of carbonyl (C=O) groups is 1. The number of hydrogen-bond acceptors (Lipinski definition) is 4. The van der Waals surface area contributed by atoms with Crippen LogP contribution in [0.5, 0.6) is 0 Å². The van der Waals surface area contributed by atoms with Gasteiger partial charge in [-0.15, -0.1) is 10.2 Å². The minimum atomic E-state index is -0.0531. The highest BCUT2D eigenvalue weighted by molar-refractivity contribution is 5.91. The average molecular weight is 316 g/mol. The van der Waals surface area contributed by atoms with Gasteiger partial charge in [0.25, 0.3) is 0 Å². The van der Waals surface area contributed by atoms with Crippen LogP contribution in [0.15, 0.2) is 36.9 Å². The lowest BCUT2D eigenvalue weighted by molar-refractivity contribution is -0.117. The van der Waals surface area contributed by atoms with Gasteiger partial charge >= 0.3 is 0 Å². The molecular formula is C17H24N4O2. The maximum atomic E-state index is 12.0. The molecule has 23 heavy (non-hydrogen) atoms. The minimum Gasteiger partial charge on any atom is -0.378 e. The van der Waals surface area contributed by atoms with Gasteiger partial charge in [0.1, 0.15) is 12.7 Å². The van der Waals surface area contributed by atoms with Crippen LogP contribution >= 0.6 is 0 Å². The zero-order valence-corrected chi connectivity index (χ0v) is 13.9. The van der Waals surface area contributed by atoms with E-state index in [9.17, 15) is 4.79 Å². The Kier molecular flexibility index (Phi) is 6.29. The van der Waals surface area contributed by atoms with Gasteiger partial charge in [-0.1, -0.05) is 19.9 Å². The molecule has 6 heteroatoms. The Morgan fingerprint density at radius 2 is 2.00 bits per heavy atom. The van der Waals surface area contributed by atoms with Crippen molar-refractivity contribution < 1.29 is 9.53 Å². The van der Waals surface area contributed by atoms with Crippen LogP contribution < -0.4 is 5.32 Å². The van der Waals surface area contributed by atoms with Gasteiger partial charge in [-0.25, -0.2) is 0 Å². The van der Waals surface area contributed by atoms with Gasteiger partial charge in [0.15, 0.2) is 0 Å². The molecule has 0 aliphatic carbocycles. The largest absolute Gasteiger partial charge is 0.378 e. The SMILES string of the molecule is CC(C)CC(C)OCCC(=O)Nc1cccc(-n2cnnc2)c1. The van der Waals surface area contributed by atoms with Crippen molar-refractivity contribution in [2.45, 2.75) is 39.7 Å². The summed E-state index contributed by atoms with van der Waals surface area (Å²) in [6.45, 7) is 6.80. The molecular weight excluding hydrogens is 292 g/mol. The third-order valence-corrected chi connectivity index (χ3v) is 3.38. The number of rotatable bonds is 8. The molecule has 0 saturated heterocycles. The summed E-state index contributed by atoms with van der Waals surface area (Å²) in [6, 6.07) is 7.54. The number of nitrogens with zero attached hydrogens (tertiary/aromatic N) is 3. The molecule has 1 aromatic heterocycles. The van der Waals surface area contributed by atoms with Crippen molar-refractivity contribution in [1.82, 2.24) is 14.8 Å². The molecule has 124 valence electrons. The van der Waals surface area contributed by atoms with Crippen LogP contribution in [-0.4, -0.2) is 33.4 Å². The molecule has 1 amide bonds. The zero-order chi connectivity index (χ0) is 16.7. The predicted molar refractivity (Wildman–Crippen MR) is 89.5 cm³/mol. The minimum absolute atomic E-state index is 0.0531. The fourth-order valence-electron chi connectivity index (χ4n) is 2.39.